The van der Waals surface area contributed by atoms with E-state index in [2.05, 4.69) is 11.1 Å². The highest BCUT2D eigenvalue weighted by Gasteiger charge is 2.17. The van der Waals surface area contributed by atoms with Crippen molar-refractivity contribution in [1.82, 2.24) is 9.88 Å². The second-order valence-corrected chi connectivity index (χ2v) is 4.99. The number of H-pyrrole nitrogens is 1. The fraction of sp³-hybridized carbons (Fsp3) is 0.176. The molecule has 0 aliphatic rings. The Morgan fingerprint density at radius 3 is 3.00 bits per heavy atom. The predicted molar refractivity (Wildman–Crippen MR) is 82.0 cm³/mol. The zero-order valence-corrected chi connectivity index (χ0v) is 12.0. The summed E-state index contributed by atoms with van der Waals surface area (Å²) in [5.74, 6) is 0.593. The fourth-order valence-corrected chi connectivity index (χ4v) is 2.39. The number of hydrogen-bond donors (Lipinski definition) is 1. The normalized spacial score (nSPS) is 10.5. The van der Waals surface area contributed by atoms with Crippen LogP contribution in [0.15, 0.2) is 53.3 Å². The third kappa shape index (κ3) is 2.86. The van der Waals surface area contributed by atoms with Gasteiger partial charge < -0.3 is 14.3 Å². The lowest BCUT2D eigenvalue weighted by Gasteiger charge is -2.20. The summed E-state index contributed by atoms with van der Waals surface area (Å²) in [6.45, 7) is 0.731. The van der Waals surface area contributed by atoms with Gasteiger partial charge in [0.15, 0.2) is 0 Å². The van der Waals surface area contributed by atoms with Gasteiger partial charge in [-0.1, -0.05) is 6.07 Å². The second kappa shape index (κ2) is 6.19. The molecule has 5 heteroatoms. The maximum absolute atomic E-state index is 12.7. The Morgan fingerprint density at radius 1 is 1.32 bits per heavy atom. The maximum Gasteiger partial charge on any atom is 0.254 e. The van der Waals surface area contributed by atoms with Gasteiger partial charge in [0.05, 0.1) is 25.3 Å². The number of nitriles is 1. The summed E-state index contributed by atoms with van der Waals surface area (Å²) in [7, 11) is 0. The van der Waals surface area contributed by atoms with Gasteiger partial charge in [0.25, 0.3) is 5.91 Å². The summed E-state index contributed by atoms with van der Waals surface area (Å²) in [5.41, 5.74) is 1.52. The number of carbonyl (C=O) groups excluding carboxylic acids is 1. The average molecular weight is 293 g/mol. The van der Waals surface area contributed by atoms with Gasteiger partial charge in [-0.15, -0.1) is 0 Å². The van der Waals surface area contributed by atoms with Crippen LogP contribution < -0.4 is 0 Å². The highest BCUT2D eigenvalue weighted by molar-refractivity contribution is 5.97. The smallest absolute Gasteiger partial charge is 0.254 e. The number of aromatic amines is 1. The summed E-state index contributed by atoms with van der Waals surface area (Å²) < 4.78 is 5.30. The molecular weight excluding hydrogens is 278 g/mol. The molecule has 1 N–H and O–H groups in total. The van der Waals surface area contributed by atoms with Crippen molar-refractivity contribution >= 4 is 16.8 Å². The third-order valence-electron chi connectivity index (χ3n) is 3.51. The largest absolute Gasteiger partial charge is 0.467 e. The Balaban J connectivity index is 1.85. The van der Waals surface area contributed by atoms with E-state index in [-0.39, 0.29) is 12.3 Å². The predicted octanol–water partition coefficient (Wildman–Crippen LogP) is 3.32. The van der Waals surface area contributed by atoms with Crippen molar-refractivity contribution < 1.29 is 9.21 Å². The number of hydrogen-bond acceptors (Lipinski definition) is 3. The first-order chi connectivity index (χ1) is 10.8. The number of benzene rings is 1. The first-order valence-electron chi connectivity index (χ1n) is 7.03. The van der Waals surface area contributed by atoms with E-state index in [1.54, 1.807) is 23.3 Å². The Labute approximate surface area is 127 Å². The van der Waals surface area contributed by atoms with Gasteiger partial charge in [0.2, 0.25) is 0 Å². The number of amides is 1. The molecule has 0 unspecified atom stereocenters. The van der Waals surface area contributed by atoms with Crippen molar-refractivity contribution in [2.24, 2.45) is 0 Å². The highest BCUT2D eigenvalue weighted by atomic mass is 16.3. The summed E-state index contributed by atoms with van der Waals surface area (Å²) in [5, 5.41) is 9.85. The summed E-state index contributed by atoms with van der Waals surface area (Å²) in [6, 6.07) is 13.2. The van der Waals surface area contributed by atoms with Crippen LogP contribution in [-0.2, 0) is 6.54 Å². The molecule has 0 radical (unpaired) electrons. The zero-order chi connectivity index (χ0) is 15.4. The van der Waals surface area contributed by atoms with Crippen LogP contribution in [0.4, 0.5) is 0 Å². The van der Waals surface area contributed by atoms with Crippen molar-refractivity contribution in [2.75, 3.05) is 6.54 Å². The number of aromatic nitrogens is 1. The van der Waals surface area contributed by atoms with E-state index in [0.717, 1.165) is 10.9 Å². The lowest BCUT2D eigenvalue weighted by molar-refractivity contribution is 0.0735. The molecule has 22 heavy (non-hydrogen) atoms. The number of carbonyl (C=O) groups is 1. The monoisotopic (exact) mass is 293 g/mol. The summed E-state index contributed by atoms with van der Waals surface area (Å²) in [6.07, 6.45) is 3.71. The standard InChI is InChI=1S/C17H15N3O2/c18-7-2-9-20(12-15-3-1-10-22-15)17(21)14-5-4-13-6-8-19-16(13)11-14/h1,3-6,8,10-11,19H,2,9,12H2. The Bertz CT molecular complexity index is 812. The molecule has 0 spiro atoms. The van der Waals surface area contributed by atoms with Crippen LogP contribution in [0.5, 0.6) is 0 Å². The van der Waals surface area contributed by atoms with Crippen LogP contribution >= 0.6 is 0 Å². The molecule has 0 saturated carbocycles. The third-order valence-corrected chi connectivity index (χ3v) is 3.51. The van der Waals surface area contributed by atoms with E-state index >= 15 is 0 Å². The molecule has 0 saturated heterocycles. The minimum absolute atomic E-state index is 0.108. The molecule has 0 atom stereocenters. The number of nitrogens with one attached hydrogen (secondary N) is 1. The molecule has 2 heterocycles. The van der Waals surface area contributed by atoms with Gasteiger partial charge in [0.1, 0.15) is 5.76 Å². The van der Waals surface area contributed by atoms with Crippen LogP contribution in [0, 0.1) is 11.3 Å². The van der Waals surface area contributed by atoms with Crippen LogP contribution in [0.1, 0.15) is 22.5 Å². The van der Waals surface area contributed by atoms with Gasteiger partial charge in [0, 0.05) is 23.8 Å². The topological polar surface area (TPSA) is 73.0 Å². The molecule has 3 aromatic rings. The van der Waals surface area contributed by atoms with E-state index in [1.165, 1.54) is 0 Å². The van der Waals surface area contributed by atoms with Gasteiger partial charge >= 0.3 is 0 Å². The molecule has 3 rings (SSSR count). The highest BCUT2D eigenvalue weighted by Crippen LogP contribution is 2.17. The van der Waals surface area contributed by atoms with Gasteiger partial charge in [-0.2, -0.15) is 5.26 Å². The molecule has 0 aliphatic heterocycles. The lowest BCUT2D eigenvalue weighted by Crippen LogP contribution is -2.31. The van der Waals surface area contributed by atoms with Crippen molar-refractivity contribution in [2.45, 2.75) is 13.0 Å². The Hall–Kier alpha value is -3.00. The van der Waals surface area contributed by atoms with Crippen molar-refractivity contribution in [3.05, 3.63) is 60.2 Å². The van der Waals surface area contributed by atoms with E-state index in [0.29, 0.717) is 24.4 Å². The molecular formula is C17H15N3O2. The SMILES string of the molecule is N#CCCN(Cc1ccco1)C(=O)c1ccc2cc[nH]c2c1. The first kappa shape index (κ1) is 14.0. The van der Waals surface area contributed by atoms with Crippen molar-refractivity contribution in [3.8, 4) is 6.07 Å². The molecule has 1 amide bonds. The average Bonchev–Trinajstić information content (AvgIpc) is 3.21. The Morgan fingerprint density at radius 2 is 2.23 bits per heavy atom. The van der Waals surface area contributed by atoms with E-state index in [9.17, 15) is 4.79 Å². The molecule has 0 aliphatic carbocycles. The molecule has 110 valence electrons. The van der Waals surface area contributed by atoms with Crippen LogP contribution in [-0.4, -0.2) is 22.3 Å². The minimum atomic E-state index is -0.108. The van der Waals surface area contributed by atoms with Crippen LogP contribution in [0.3, 0.4) is 0 Å². The number of nitrogens with zero attached hydrogens (tertiary/aromatic N) is 2. The number of fused-ring (bicyclic) bond motifs is 1. The molecule has 5 nitrogen and oxygen atoms in total. The van der Waals surface area contributed by atoms with Gasteiger partial charge in [-0.3, -0.25) is 4.79 Å². The maximum atomic E-state index is 12.7. The quantitative estimate of drug-likeness (QED) is 0.784. The lowest BCUT2D eigenvalue weighted by atomic mass is 10.1. The summed E-state index contributed by atoms with van der Waals surface area (Å²) >= 11 is 0. The summed E-state index contributed by atoms with van der Waals surface area (Å²) in [4.78, 5) is 17.4. The zero-order valence-electron chi connectivity index (χ0n) is 12.0. The van der Waals surface area contributed by atoms with Gasteiger partial charge in [-0.05, 0) is 35.7 Å². The second-order valence-electron chi connectivity index (χ2n) is 4.99. The van der Waals surface area contributed by atoms with Crippen molar-refractivity contribution in [3.63, 3.8) is 0 Å². The molecule has 0 bridgehead atoms. The molecule has 2 aromatic heterocycles. The van der Waals surface area contributed by atoms with Crippen molar-refractivity contribution in [1.29, 1.82) is 5.26 Å². The van der Waals surface area contributed by atoms with Crippen LogP contribution in [0.25, 0.3) is 10.9 Å². The number of rotatable bonds is 5. The fourth-order valence-electron chi connectivity index (χ4n) is 2.39. The Kier molecular flexibility index (Phi) is 3.92. The molecule has 1 aromatic carbocycles. The number of furan rings is 1. The van der Waals surface area contributed by atoms with Gasteiger partial charge in [-0.25, -0.2) is 0 Å². The molecule has 0 fully saturated rings. The van der Waals surface area contributed by atoms with E-state index < -0.39 is 0 Å². The minimum Gasteiger partial charge on any atom is -0.467 e. The van der Waals surface area contributed by atoms with Crippen LogP contribution in [0.2, 0.25) is 0 Å². The van der Waals surface area contributed by atoms with E-state index in [4.69, 9.17) is 9.68 Å². The van der Waals surface area contributed by atoms with E-state index in [1.807, 2.05) is 30.5 Å². The first-order valence-corrected chi connectivity index (χ1v) is 7.03.